The average molecular weight is 207 g/mol. The molecule has 0 heterocycles. The van der Waals surface area contributed by atoms with Crippen LogP contribution >= 0.6 is 0 Å². The van der Waals surface area contributed by atoms with Crippen molar-refractivity contribution in [3.05, 3.63) is 36.5 Å². The molecule has 2 heteroatoms. The standard InChI is InChI=1S/C11H15NO.C2H6/c1-4-5-10-7-11(6-8(10)2)12-9(3)13;1-2/h4-5,11H,1-2,6-7H2,3H3,(H,12,13);1-2H3/b10-5-;. The highest BCUT2D eigenvalue weighted by atomic mass is 16.1. The molecular formula is C13H21NO. The van der Waals surface area contributed by atoms with Gasteiger partial charge in [0.2, 0.25) is 5.91 Å². The second-order valence-corrected chi connectivity index (χ2v) is 3.34. The van der Waals surface area contributed by atoms with E-state index in [-0.39, 0.29) is 11.9 Å². The fourth-order valence-corrected chi connectivity index (χ4v) is 1.63. The summed E-state index contributed by atoms with van der Waals surface area (Å²) in [5.41, 5.74) is 2.31. The Balaban J connectivity index is 0.000000921. The van der Waals surface area contributed by atoms with Crippen molar-refractivity contribution < 1.29 is 4.79 Å². The first-order chi connectivity index (χ1) is 7.13. The van der Waals surface area contributed by atoms with Crippen LogP contribution in [0.1, 0.15) is 33.6 Å². The van der Waals surface area contributed by atoms with Gasteiger partial charge in [0.15, 0.2) is 0 Å². The Morgan fingerprint density at radius 1 is 1.47 bits per heavy atom. The molecule has 1 saturated carbocycles. The molecule has 1 N–H and O–H groups in total. The quantitative estimate of drug-likeness (QED) is 0.741. The van der Waals surface area contributed by atoms with Gasteiger partial charge in [0, 0.05) is 13.0 Å². The summed E-state index contributed by atoms with van der Waals surface area (Å²) in [6.45, 7) is 13.1. The second-order valence-electron chi connectivity index (χ2n) is 3.34. The smallest absolute Gasteiger partial charge is 0.217 e. The lowest BCUT2D eigenvalue weighted by Crippen LogP contribution is -2.30. The molecule has 2 nitrogen and oxygen atoms in total. The van der Waals surface area contributed by atoms with Crippen molar-refractivity contribution in [2.75, 3.05) is 0 Å². The van der Waals surface area contributed by atoms with Crippen LogP contribution < -0.4 is 5.32 Å². The summed E-state index contributed by atoms with van der Waals surface area (Å²) in [5, 5.41) is 2.89. The van der Waals surface area contributed by atoms with Gasteiger partial charge in [0.25, 0.3) is 0 Å². The van der Waals surface area contributed by atoms with Crippen molar-refractivity contribution in [1.29, 1.82) is 0 Å². The average Bonchev–Trinajstić information content (AvgIpc) is 2.50. The first-order valence-electron chi connectivity index (χ1n) is 5.40. The Hall–Kier alpha value is -1.31. The fraction of sp³-hybridized carbons (Fsp3) is 0.462. The Kier molecular flexibility index (Phi) is 6.43. The molecule has 0 aliphatic heterocycles. The number of carbonyl (C=O) groups excluding carboxylic acids is 1. The lowest BCUT2D eigenvalue weighted by molar-refractivity contribution is -0.119. The summed E-state index contributed by atoms with van der Waals surface area (Å²) < 4.78 is 0. The van der Waals surface area contributed by atoms with Crippen LogP contribution in [0.25, 0.3) is 0 Å². The third-order valence-electron chi connectivity index (χ3n) is 2.14. The number of hydrogen-bond acceptors (Lipinski definition) is 1. The molecule has 0 radical (unpaired) electrons. The molecular weight excluding hydrogens is 186 g/mol. The summed E-state index contributed by atoms with van der Waals surface area (Å²) in [5.74, 6) is 0.0256. The Morgan fingerprint density at radius 2 is 2.07 bits per heavy atom. The molecule has 1 aliphatic rings. The zero-order valence-electron chi connectivity index (χ0n) is 9.97. The van der Waals surface area contributed by atoms with E-state index in [2.05, 4.69) is 18.5 Å². The minimum absolute atomic E-state index is 0.0256. The highest BCUT2D eigenvalue weighted by molar-refractivity contribution is 5.73. The minimum Gasteiger partial charge on any atom is -0.353 e. The highest BCUT2D eigenvalue weighted by Crippen LogP contribution is 2.29. The first-order valence-corrected chi connectivity index (χ1v) is 5.40. The van der Waals surface area contributed by atoms with Crippen LogP contribution in [0, 0.1) is 0 Å². The van der Waals surface area contributed by atoms with E-state index in [4.69, 9.17) is 0 Å². The number of allylic oxidation sites excluding steroid dienone is 2. The minimum atomic E-state index is 0.0256. The summed E-state index contributed by atoms with van der Waals surface area (Å²) in [6.07, 6.45) is 5.46. The molecule has 1 atom stereocenters. The molecule has 0 spiro atoms. The van der Waals surface area contributed by atoms with Gasteiger partial charge in [-0.25, -0.2) is 0 Å². The number of carbonyl (C=O) groups is 1. The van der Waals surface area contributed by atoms with Crippen molar-refractivity contribution >= 4 is 5.91 Å². The lowest BCUT2D eigenvalue weighted by atomic mass is 10.1. The molecule has 1 rings (SSSR count). The van der Waals surface area contributed by atoms with Gasteiger partial charge in [0.05, 0.1) is 0 Å². The van der Waals surface area contributed by atoms with E-state index < -0.39 is 0 Å². The van der Waals surface area contributed by atoms with E-state index >= 15 is 0 Å². The van der Waals surface area contributed by atoms with E-state index in [9.17, 15) is 4.79 Å². The lowest BCUT2D eigenvalue weighted by Gasteiger charge is -2.07. The maximum Gasteiger partial charge on any atom is 0.217 e. The van der Waals surface area contributed by atoms with Crippen LogP contribution in [0.3, 0.4) is 0 Å². The predicted molar refractivity (Wildman–Crippen MR) is 65.6 cm³/mol. The molecule has 1 amide bonds. The fourth-order valence-electron chi connectivity index (χ4n) is 1.63. The van der Waals surface area contributed by atoms with Gasteiger partial charge in [-0.05, 0) is 24.0 Å². The summed E-state index contributed by atoms with van der Waals surface area (Å²) >= 11 is 0. The predicted octanol–water partition coefficient (Wildman–Crippen LogP) is 2.98. The van der Waals surface area contributed by atoms with Crippen molar-refractivity contribution in [3.63, 3.8) is 0 Å². The molecule has 0 saturated heterocycles. The maximum absolute atomic E-state index is 10.8. The molecule has 15 heavy (non-hydrogen) atoms. The molecule has 0 aromatic rings. The molecule has 1 unspecified atom stereocenters. The van der Waals surface area contributed by atoms with Crippen molar-refractivity contribution in [1.82, 2.24) is 5.32 Å². The second kappa shape index (κ2) is 7.04. The van der Waals surface area contributed by atoms with Crippen molar-refractivity contribution in [3.8, 4) is 0 Å². The molecule has 0 aromatic carbocycles. The zero-order valence-corrected chi connectivity index (χ0v) is 9.97. The van der Waals surface area contributed by atoms with Gasteiger partial charge in [0.1, 0.15) is 0 Å². The zero-order chi connectivity index (χ0) is 11.8. The topological polar surface area (TPSA) is 29.1 Å². The van der Waals surface area contributed by atoms with Crippen LogP contribution in [0.5, 0.6) is 0 Å². The van der Waals surface area contributed by atoms with Gasteiger partial charge < -0.3 is 5.32 Å². The third kappa shape index (κ3) is 4.63. The SMILES string of the molecule is C=C/C=C1/CC(NC(C)=O)CC1=C.CC. The van der Waals surface area contributed by atoms with E-state index in [1.807, 2.05) is 19.9 Å². The Bertz CT molecular complexity index is 276. The largest absolute Gasteiger partial charge is 0.353 e. The van der Waals surface area contributed by atoms with Crippen LogP contribution in [-0.4, -0.2) is 11.9 Å². The number of hydrogen-bond donors (Lipinski definition) is 1. The van der Waals surface area contributed by atoms with Crippen LogP contribution in [0.2, 0.25) is 0 Å². The van der Waals surface area contributed by atoms with E-state index in [0.717, 1.165) is 18.4 Å². The van der Waals surface area contributed by atoms with Crippen LogP contribution in [0.4, 0.5) is 0 Å². The van der Waals surface area contributed by atoms with E-state index in [0.29, 0.717) is 0 Å². The highest BCUT2D eigenvalue weighted by Gasteiger charge is 2.22. The first kappa shape index (κ1) is 13.7. The van der Waals surface area contributed by atoms with Gasteiger partial charge in [-0.1, -0.05) is 39.2 Å². The number of rotatable bonds is 2. The summed E-state index contributed by atoms with van der Waals surface area (Å²) in [7, 11) is 0. The van der Waals surface area contributed by atoms with Crippen LogP contribution in [-0.2, 0) is 4.79 Å². The van der Waals surface area contributed by atoms with Gasteiger partial charge >= 0.3 is 0 Å². The molecule has 1 aliphatic carbocycles. The normalized spacial score (nSPS) is 21.9. The molecule has 0 bridgehead atoms. The third-order valence-corrected chi connectivity index (χ3v) is 2.14. The number of amides is 1. The Morgan fingerprint density at radius 3 is 2.53 bits per heavy atom. The summed E-state index contributed by atoms with van der Waals surface area (Å²) in [4.78, 5) is 10.8. The van der Waals surface area contributed by atoms with Crippen LogP contribution in [0.15, 0.2) is 36.5 Å². The summed E-state index contributed by atoms with van der Waals surface area (Å²) in [6, 6.07) is 0.233. The van der Waals surface area contributed by atoms with Crippen molar-refractivity contribution in [2.45, 2.75) is 39.7 Å². The maximum atomic E-state index is 10.8. The Labute approximate surface area is 92.8 Å². The van der Waals surface area contributed by atoms with Crippen molar-refractivity contribution in [2.24, 2.45) is 0 Å². The van der Waals surface area contributed by atoms with E-state index in [1.54, 1.807) is 6.08 Å². The molecule has 0 aromatic heterocycles. The van der Waals surface area contributed by atoms with Gasteiger partial charge in [-0.3, -0.25) is 4.79 Å². The number of nitrogens with one attached hydrogen (secondary N) is 1. The molecule has 1 fully saturated rings. The van der Waals surface area contributed by atoms with E-state index in [1.165, 1.54) is 12.5 Å². The monoisotopic (exact) mass is 207 g/mol. The molecule has 84 valence electrons. The van der Waals surface area contributed by atoms with Gasteiger partial charge in [-0.15, -0.1) is 0 Å². The van der Waals surface area contributed by atoms with Gasteiger partial charge in [-0.2, -0.15) is 0 Å².